The van der Waals surface area contributed by atoms with Crippen LogP contribution < -0.4 is 19.9 Å². The largest absolute Gasteiger partial charge is 0.496 e. The van der Waals surface area contributed by atoms with Gasteiger partial charge in [0.1, 0.15) is 17.1 Å². The van der Waals surface area contributed by atoms with Crippen molar-refractivity contribution in [3.63, 3.8) is 0 Å². The van der Waals surface area contributed by atoms with Crippen molar-refractivity contribution in [2.24, 2.45) is 5.73 Å². The molecular formula is C16H16N2O7S. The van der Waals surface area contributed by atoms with E-state index in [0.29, 0.717) is 0 Å². The van der Waals surface area contributed by atoms with Gasteiger partial charge in [0.05, 0.1) is 24.8 Å². The van der Waals surface area contributed by atoms with Crippen LogP contribution in [0.3, 0.4) is 0 Å². The third kappa shape index (κ3) is 3.86. The Morgan fingerprint density at radius 1 is 1.04 bits per heavy atom. The number of nitrogens with two attached hydrogens (primary N) is 1. The van der Waals surface area contributed by atoms with Crippen molar-refractivity contribution in [3.8, 4) is 11.5 Å². The first-order chi connectivity index (χ1) is 12.2. The number of rotatable bonds is 7. The quantitative estimate of drug-likeness (QED) is 0.656. The standard InChI is InChI=1S/C16H16N2O7S/c1-24-13-6-4-10(8-11(13)16(20)21)26(22,23)18-12-7-9(15(17)19)3-5-14(12)25-2/h3-8,18H,1-2H3,(H2,17,19)(H,20,21). The Bertz CT molecular complexity index is 971. The normalized spacial score (nSPS) is 10.8. The molecule has 0 heterocycles. The summed E-state index contributed by atoms with van der Waals surface area (Å²) in [5.74, 6) is -1.91. The van der Waals surface area contributed by atoms with Gasteiger partial charge in [-0.2, -0.15) is 0 Å². The van der Waals surface area contributed by atoms with Gasteiger partial charge in [-0.15, -0.1) is 0 Å². The fourth-order valence-electron chi connectivity index (χ4n) is 2.17. The van der Waals surface area contributed by atoms with E-state index in [4.69, 9.17) is 15.2 Å². The van der Waals surface area contributed by atoms with E-state index in [-0.39, 0.29) is 33.2 Å². The molecule has 0 spiro atoms. The molecule has 0 radical (unpaired) electrons. The molecule has 0 aromatic heterocycles. The number of ether oxygens (including phenoxy) is 2. The number of anilines is 1. The first-order valence-electron chi connectivity index (χ1n) is 7.11. The fraction of sp³-hybridized carbons (Fsp3) is 0.125. The monoisotopic (exact) mass is 380 g/mol. The highest BCUT2D eigenvalue weighted by atomic mass is 32.2. The summed E-state index contributed by atoms with van der Waals surface area (Å²) in [6, 6.07) is 7.38. The molecule has 0 fully saturated rings. The maximum absolute atomic E-state index is 12.6. The predicted octanol–water partition coefficient (Wildman–Crippen LogP) is 1.30. The smallest absolute Gasteiger partial charge is 0.339 e. The summed E-state index contributed by atoms with van der Waals surface area (Å²) in [5, 5.41) is 9.19. The third-order valence-electron chi connectivity index (χ3n) is 3.44. The number of carbonyl (C=O) groups is 2. The number of amides is 1. The van der Waals surface area contributed by atoms with Gasteiger partial charge in [0, 0.05) is 5.56 Å². The molecule has 2 aromatic rings. The zero-order chi connectivity index (χ0) is 19.5. The fourth-order valence-corrected chi connectivity index (χ4v) is 3.25. The predicted molar refractivity (Wildman–Crippen MR) is 92.3 cm³/mol. The van der Waals surface area contributed by atoms with Gasteiger partial charge in [-0.1, -0.05) is 0 Å². The van der Waals surface area contributed by atoms with E-state index in [1.54, 1.807) is 0 Å². The van der Waals surface area contributed by atoms with Gasteiger partial charge >= 0.3 is 5.97 Å². The highest BCUT2D eigenvalue weighted by molar-refractivity contribution is 7.92. The maximum atomic E-state index is 12.6. The lowest BCUT2D eigenvalue weighted by Crippen LogP contribution is -2.16. The minimum absolute atomic E-state index is 0.0171. The van der Waals surface area contributed by atoms with Crippen LogP contribution in [0.5, 0.6) is 11.5 Å². The number of nitrogens with one attached hydrogen (secondary N) is 1. The number of benzene rings is 2. The van der Waals surface area contributed by atoms with Crippen molar-refractivity contribution in [2.45, 2.75) is 4.90 Å². The highest BCUT2D eigenvalue weighted by Crippen LogP contribution is 2.29. The molecule has 0 bridgehead atoms. The number of carboxylic acid groups (broad SMARTS) is 1. The molecule has 0 atom stereocenters. The average molecular weight is 380 g/mol. The van der Waals surface area contributed by atoms with Crippen LogP contribution in [0.15, 0.2) is 41.3 Å². The van der Waals surface area contributed by atoms with Crippen LogP contribution in [0.4, 0.5) is 5.69 Å². The SMILES string of the molecule is COc1ccc(C(N)=O)cc1NS(=O)(=O)c1ccc(OC)c(C(=O)O)c1. The minimum atomic E-state index is -4.17. The molecule has 0 aliphatic heterocycles. The van der Waals surface area contributed by atoms with Crippen LogP contribution in [0, 0.1) is 0 Å². The molecule has 0 saturated carbocycles. The van der Waals surface area contributed by atoms with Crippen LogP contribution in [-0.4, -0.2) is 39.6 Å². The Morgan fingerprint density at radius 3 is 2.19 bits per heavy atom. The Hall–Kier alpha value is -3.27. The average Bonchev–Trinajstić information content (AvgIpc) is 2.60. The van der Waals surface area contributed by atoms with E-state index in [1.165, 1.54) is 44.6 Å². The molecule has 0 unspecified atom stereocenters. The Morgan fingerprint density at radius 2 is 1.65 bits per heavy atom. The summed E-state index contributed by atoms with van der Waals surface area (Å²) in [4.78, 5) is 22.3. The number of methoxy groups -OCH3 is 2. The van der Waals surface area contributed by atoms with Crippen molar-refractivity contribution in [1.29, 1.82) is 0 Å². The summed E-state index contributed by atoms with van der Waals surface area (Å²) in [7, 11) is -1.57. The van der Waals surface area contributed by atoms with E-state index in [1.807, 2.05) is 0 Å². The number of carboxylic acids is 1. The van der Waals surface area contributed by atoms with Crippen LogP contribution in [0.25, 0.3) is 0 Å². The Kier molecular flexibility index (Phi) is 5.36. The van der Waals surface area contributed by atoms with E-state index in [2.05, 4.69) is 4.72 Å². The molecule has 10 heteroatoms. The molecule has 26 heavy (non-hydrogen) atoms. The highest BCUT2D eigenvalue weighted by Gasteiger charge is 2.21. The zero-order valence-electron chi connectivity index (χ0n) is 13.8. The lowest BCUT2D eigenvalue weighted by molar-refractivity contribution is 0.0692. The van der Waals surface area contributed by atoms with Gasteiger partial charge in [0.25, 0.3) is 10.0 Å². The molecule has 0 saturated heterocycles. The molecule has 2 aromatic carbocycles. The number of carbonyl (C=O) groups excluding carboxylic acids is 1. The van der Waals surface area contributed by atoms with Crippen molar-refractivity contribution in [1.82, 2.24) is 0 Å². The number of sulfonamides is 1. The molecule has 4 N–H and O–H groups in total. The van der Waals surface area contributed by atoms with E-state index >= 15 is 0 Å². The maximum Gasteiger partial charge on any atom is 0.339 e. The summed E-state index contributed by atoms with van der Waals surface area (Å²) in [6.07, 6.45) is 0. The topological polar surface area (TPSA) is 145 Å². The van der Waals surface area contributed by atoms with Crippen molar-refractivity contribution >= 4 is 27.6 Å². The van der Waals surface area contributed by atoms with E-state index < -0.39 is 21.9 Å². The van der Waals surface area contributed by atoms with E-state index in [0.717, 1.165) is 6.07 Å². The number of primary amides is 1. The zero-order valence-corrected chi connectivity index (χ0v) is 14.7. The summed E-state index contributed by atoms with van der Waals surface area (Å²) < 4.78 is 37.4. The lowest BCUT2D eigenvalue weighted by atomic mass is 10.2. The molecule has 2 rings (SSSR count). The molecule has 1 amide bonds. The van der Waals surface area contributed by atoms with Gasteiger partial charge < -0.3 is 20.3 Å². The summed E-state index contributed by atoms with van der Waals surface area (Å²) in [5.41, 5.74) is 4.94. The molecular weight excluding hydrogens is 364 g/mol. The third-order valence-corrected chi connectivity index (χ3v) is 4.80. The van der Waals surface area contributed by atoms with Crippen LogP contribution in [0.1, 0.15) is 20.7 Å². The summed E-state index contributed by atoms with van der Waals surface area (Å²) >= 11 is 0. The van der Waals surface area contributed by atoms with Crippen LogP contribution >= 0.6 is 0 Å². The van der Waals surface area contributed by atoms with Crippen LogP contribution in [-0.2, 0) is 10.0 Å². The van der Waals surface area contributed by atoms with Gasteiger partial charge in [0.15, 0.2) is 0 Å². The van der Waals surface area contributed by atoms with E-state index in [9.17, 15) is 23.1 Å². The van der Waals surface area contributed by atoms with Crippen molar-refractivity contribution in [3.05, 3.63) is 47.5 Å². The molecule has 0 aliphatic rings. The molecule has 0 aliphatic carbocycles. The first kappa shape index (κ1) is 19.1. The second-order valence-electron chi connectivity index (χ2n) is 5.05. The van der Waals surface area contributed by atoms with Gasteiger partial charge in [-0.3, -0.25) is 9.52 Å². The first-order valence-corrected chi connectivity index (χ1v) is 8.60. The second kappa shape index (κ2) is 7.31. The number of hydrogen-bond donors (Lipinski definition) is 3. The summed E-state index contributed by atoms with van der Waals surface area (Å²) in [6.45, 7) is 0. The van der Waals surface area contributed by atoms with Crippen molar-refractivity contribution in [2.75, 3.05) is 18.9 Å². The Labute approximate surface area is 149 Å². The lowest BCUT2D eigenvalue weighted by Gasteiger charge is -2.14. The molecule has 138 valence electrons. The Balaban J connectivity index is 2.49. The van der Waals surface area contributed by atoms with Gasteiger partial charge in [0.2, 0.25) is 5.91 Å². The second-order valence-corrected chi connectivity index (χ2v) is 6.73. The molecule has 9 nitrogen and oxygen atoms in total. The number of aromatic carboxylic acids is 1. The van der Waals surface area contributed by atoms with Crippen LogP contribution in [0.2, 0.25) is 0 Å². The number of hydrogen-bond acceptors (Lipinski definition) is 6. The van der Waals surface area contributed by atoms with Gasteiger partial charge in [-0.05, 0) is 36.4 Å². The minimum Gasteiger partial charge on any atom is -0.496 e. The van der Waals surface area contributed by atoms with Gasteiger partial charge in [-0.25, -0.2) is 13.2 Å². The van der Waals surface area contributed by atoms with Crippen molar-refractivity contribution < 1.29 is 32.6 Å².